The third-order valence-electron chi connectivity index (χ3n) is 2.15. The Hall–Kier alpha value is -0.580. The van der Waals surface area contributed by atoms with Crippen molar-refractivity contribution in [1.29, 1.82) is 0 Å². The second-order valence-corrected chi connectivity index (χ2v) is 3.94. The monoisotopic (exact) mass is 243 g/mol. The fourth-order valence-corrected chi connectivity index (χ4v) is 1.88. The van der Waals surface area contributed by atoms with Crippen LogP contribution < -0.4 is 10.6 Å². The van der Waals surface area contributed by atoms with Crippen molar-refractivity contribution in [3.05, 3.63) is 28.2 Å². The fraction of sp³-hybridized carbons (Fsp3) is 0.333. The average Bonchev–Trinajstić information content (AvgIpc) is 2.49. The number of rotatable bonds is 2. The Bertz CT molecular complexity index is 314. The van der Waals surface area contributed by atoms with E-state index in [1.165, 1.54) is 5.56 Å². The van der Waals surface area contributed by atoms with Crippen molar-refractivity contribution in [3.8, 4) is 5.75 Å². The van der Waals surface area contributed by atoms with E-state index in [1.54, 1.807) is 0 Å². The number of ether oxygens (including phenoxy) is 1. The van der Waals surface area contributed by atoms with Gasteiger partial charge in [0.05, 0.1) is 13.2 Å². The van der Waals surface area contributed by atoms with Crippen molar-refractivity contribution in [2.45, 2.75) is 5.92 Å². The maximum Gasteiger partial charge on any atom is 0.123 e. The van der Waals surface area contributed by atoms with Crippen LogP contribution in [0.4, 0.5) is 0 Å². The summed E-state index contributed by atoms with van der Waals surface area (Å²) in [5.41, 5.74) is 1.17. The van der Waals surface area contributed by atoms with Gasteiger partial charge in [-0.15, -0.1) is 0 Å². The van der Waals surface area contributed by atoms with Crippen molar-refractivity contribution in [2.75, 3.05) is 13.2 Å². The van der Waals surface area contributed by atoms with E-state index in [9.17, 15) is 0 Å². The Morgan fingerprint density at radius 3 is 3.23 bits per heavy atom. The molecule has 2 N–H and O–H groups in total. The van der Waals surface area contributed by atoms with Gasteiger partial charge < -0.3 is 9.57 Å². The second kappa shape index (κ2) is 3.65. The van der Waals surface area contributed by atoms with Gasteiger partial charge in [-0.25, -0.2) is 5.90 Å². The Morgan fingerprint density at radius 1 is 1.62 bits per heavy atom. The molecule has 0 saturated heterocycles. The lowest BCUT2D eigenvalue weighted by Gasteiger charge is -2.05. The van der Waals surface area contributed by atoms with Crippen LogP contribution in [-0.4, -0.2) is 13.2 Å². The molecular formula is C9H10BrNO2. The van der Waals surface area contributed by atoms with E-state index >= 15 is 0 Å². The lowest BCUT2D eigenvalue weighted by Crippen LogP contribution is -2.12. The van der Waals surface area contributed by atoms with E-state index in [1.807, 2.05) is 18.2 Å². The molecule has 1 heterocycles. The fourth-order valence-electron chi connectivity index (χ4n) is 1.50. The van der Waals surface area contributed by atoms with Gasteiger partial charge in [0, 0.05) is 16.0 Å². The van der Waals surface area contributed by atoms with Crippen molar-refractivity contribution in [1.82, 2.24) is 0 Å². The number of hydrogen-bond acceptors (Lipinski definition) is 3. The molecule has 0 amide bonds. The molecule has 1 aromatic carbocycles. The molecule has 1 unspecified atom stereocenters. The third kappa shape index (κ3) is 1.70. The molecule has 0 aromatic heterocycles. The van der Waals surface area contributed by atoms with Crippen LogP contribution in [0.5, 0.6) is 5.75 Å². The van der Waals surface area contributed by atoms with Gasteiger partial charge in [0.25, 0.3) is 0 Å². The van der Waals surface area contributed by atoms with Crippen molar-refractivity contribution < 1.29 is 9.57 Å². The minimum absolute atomic E-state index is 0.262. The van der Waals surface area contributed by atoms with Crippen molar-refractivity contribution >= 4 is 15.9 Å². The molecule has 0 fully saturated rings. The minimum atomic E-state index is 0.262. The molecule has 0 spiro atoms. The lowest BCUT2D eigenvalue weighted by atomic mass is 10.0. The largest absolute Gasteiger partial charge is 0.493 e. The maximum absolute atomic E-state index is 5.46. The molecule has 1 aromatic rings. The first-order valence-electron chi connectivity index (χ1n) is 4.05. The number of halogens is 1. The standard InChI is InChI=1S/C9H10BrNO2/c10-7-1-2-9-8(3-7)6(4-12-9)5-13-11/h1-3,6H,4-5,11H2. The third-order valence-corrected chi connectivity index (χ3v) is 2.64. The Morgan fingerprint density at radius 2 is 2.46 bits per heavy atom. The van der Waals surface area contributed by atoms with E-state index in [2.05, 4.69) is 20.8 Å². The Kier molecular flexibility index (Phi) is 2.53. The van der Waals surface area contributed by atoms with Gasteiger partial charge in [-0.05, 0) is 18.2 Å². The highest BCUT2D eigenvalue weighted by molar-refractivity contribution is 9.10. The first-order chi connectivity index (χ1) is 6.31. The molecule has 4 heteroatoms. The summed E-state index contributed by atoms with van der Waals surface area (Å²) in [5, 5.41) is 0. The van der Waals surface area contributed by atoms with Crippen LogP contribution in [-0.2, 0) is 4.84 Å². The molecule has 1 aliphatic heterocycles. The molecule has 1 atom stereocenters. The zero-order valence-electron chi connectivity index (χ0n) is 7.00. The van der Waals surface area contributed by atoms with Crippen LogP contribution in [0.2, 0.25) is 0 Å². The highest BCUT2D eigenvalue weighted by Gasteiger charge is 2.24. The summed E-state index contributed by atoms with van der Waals surface area (Å²) in [7, 11) is 0. The summed E-state index contributed by atoms with van der Waals surface area (Å²) in [6.07, 6.45) is 0. The summed E-state index contributed by atoms with van der Waals surface area (Å²) in [6, 6.07) is 5.96. The van der Waals surface area contributed by atoms with E-state index < -0.39 is 0 Å². The minimum Gasteiger partial charge on any atom is -0.493 e. The normalized spacial score (nSPS) is 19.7. The first-order valence-corrected chi connectivity index (χ1v) is 4.84. The zero-order chi connectivity index (χ0) is 9.26. The van der Waals surface area contributed by atoms with Gasteiger partial charge in [-0.1, -0.05) is 15.9 Å². The molecular weight excluding hydrogens is 234 g/mol. The number of hydrogen-bond donors (Lipinski definition) is 1. The van der Waals surface area contributed by atoms with Crippen LogP contribution in [0.25, 0.3) is 0 Å². The van der Waals surface area contributed by atoms with Gasteiger partial charge >= 0.3 is 0 Å². The number of nitrogens with two attached hydrogens (primary N) is 1. The summed E-state index contributed by atoms with van der Waals surface area (Å²) < 4.78 is 6.52. The molecule has 0 bridgehead atoms. The smallest absolute Gasteiger partial charge is 0.123 e. The van der Waals surface area contributed by atoms with E-state index in [-0.39, 0.29) is 5.92 Å². The van der Waals surface area contributed by atoms with Crippen LogP contribution >= 0.6 is 15.9 Å². The van der Waals surface area contributed by atoms with Crippen LogP contribution in [0.1, 0.15) is 11.5 Å². The highest BCUT2D eigenvalue weighted by atomic mass is 79.9. The van der Waals surface area contributed by atoms with Crippen molar-refractivity contribution in [2.24, 2.45) is 5.90 Å². The van der Waals surface area contributed by atoms with Gasteiger partial charge in [-0.2, -0.15) is 0 Å². The number of fused-ring (bicyclic) bond motifs is 1. The second-order valence-electron chi connectivity index (χ2n) is 3.02. The van der Waals surface area contributed by atoms with Gasteiger partial charge in [0.15, 0.2) is 0 Å². The van der Waals surface area contributed by atoms with Gasteiger partial charge in [0.2, 0.25) is 0 Å². The van der Waals surface area contributed by atoms with Gasteiger partial charge in [0.1, 0.15) is 5.75 Å². The molecule has 70 valence electrons. The van der Waals surface area contributed by atoms with E-state index in [0.29, 0.717) is 13.2 Å². The maximum atomic E-state index is 5.46. The molecule has 0 aliphatic carbocycles. The summed E-state index contributed by atoms with van der Waals surface area (Å²) in [4.78, 5) is 4.63. The zero-order valence-corrected chi connectivity index (χ0v) is 8.58. The quantitative estimate of drug-likeness (QED) is 0.807. The number of benzene rings is 1. The summed E-state index contributed by atoms with van der Waals surface area (Å²) >= 11 is 3.42. The van der Waals surface area contributed by atoms with Crippen LogP contribution in [0.15, 0.2) is 22.7 Å². The topological polar surface area (TPSA) is 44.5 Å². The predicted molar refractivity (Wildman–Crippen MR) is 52.5 cm³/mol. The molecule has 0 radical (unpaired) electrons. The Labute approximate surface area is 84.9 Å². The van der Waals surface area contributed by atoms with E-state index in [0.717, 1.165) is 10.2 Å². The predicted octanol–water partition coefficient (Wildman–Crippen LogP) is 1.82. The first kappa shape index (κ1) is 8.99. The average molecular weight is 244 g/mol. The highest BCUT2D eigenvalue weighted by Crippen LogP contribution is 2.35. The molecule has 1 aliphatic rings. The SMILES string of the molecule is NOCC1COc2ccc(Br)cc21. The lowest BCUT2D eigenvalue weighted by molar-refractivity contribution is 0.115. The van der Waals surface area contributed by atoms with Crippen LogP contribution in [0, 0.1) is 0 Å². The molecule has 3 nitrogen and oxygen atoms in total. The molecule has 0 saturated carbocycles. The van der Waals surface area contributed by atoms with Crippen molar-refractivity contribution in [3.63, 3.8) is 0 Å². The summed E-state index contributed by atoms with van der Waals surface area (Å²) in [6.45, 7) is 1.16. The van der Waals surface area contributed by atoms with Gasteiger partial charge in [-0.3, -0.25) is 0 Å². The molecule has 13 heavy (non-hydrogen) atoms. The summed E-state index contributed by atoms with van der Waals surface area (Å²) in [5.74, 6) is 6.23. The van der Waals surface area contributed by atoms with E-state index in [4.69, 9.17) is 10.6 Å². The molecule has 2 rings (SSSR count). The van der Waals surface area contributed by atoms with Crippen LogP contribution in [0.3, 0.4) is 0 Å². The Balaban J connectivity index is 2.29.